The van der Waals surface area contributed by atoms with Gasteiger partial charge in [0, 0.05) is 11.8 Å². The van der Waals surface area contributed by atoms with Gasteiger partial charge in [0.25, 0.3) is 0 Å². The van der Waals surface area contributed by atoms with E-state index in [0.717, 1.165) is 50.9 Å². The molecule has 0 aromatic carbocycles. The molecule has 0 N–H and O–H groups in total. The van der Waals surface area contributed by atoms with E-state index in [1.807, 2.05) is 24.4 Å². The van der Waals surface area contributed by atoms with Crippen LogP contribution in [0.5, 0.6) is 0 Å². The Morgan fingerprint density at radius 1 is 1.06 bits per heavy atom. The monoisotopic (exact) mass is 468 g/mol. The summed E-state index contributed by atoms with van der Waals surface area (Å²) in [6.07, 6.45) is 3.29. The van der Waals surface area contributed by atoms with Crippen molar-refractivity contribution in [3.8, 4) is 21.1 Å². The standard InChI is InChI=1S/C24H28N4O2S2/c1-7-17(8-2)18-13-15(4)27-28-22(16(5)25-24(18)28)23-14(3)12-20(31-23)19-10-9-11-21(26-19)32(6,29)30/h9-13,17H,7-8H2,1-6H3. The van der Waals surface area contributed by atoms with Crippen molar-refractivity contribution >= 4 is 26.8 Å². The van der Waals surface area contributed by atoms with Gasteiger partial charge in [-0.3, -0.25) is 0 Å². The van der Waals surface area contributed by atoms with Crippen LogP contribution in [0.2, 0.25) is 0 Å². The van der Waals surface area contributed by atoms with Crippen molar-refractivity contribution in [2.45, 2.75) is 58.4 Å². The number of thiophene rings is 1. The van der Waals surface area contributed by atoms with Crippen molar-refractivity contribution in [1.29, 1.82) is 0 Å². The van der Waals surface area contributed by atoms with Crippen molar-refractivity contribution in [3.63, 3.8) is 0 Å². The highest BCUT2D eigenvalue weighted by Crippen LogP contribution is 2.40. The Bertz CT molecular complexity index is 1410. The van der Waals surface area contributed by atoms with E-state index in [-0.39, 0.29) is 5.03 Å². The highest BCUT2D eigenvalue weighted by molar-refractivity contribution is 7.90. The third-order valence-electron chi connectivity index (χ3n) is 5.82. The first-order valence-electron chi connectivity index (χ1n) is 10.8. The maximum atomic E-state index is 12.0. The maximum Gasteiger partial charge on any atom is 0.192 e. The lowest BCUT2D eigenvalue weighted by Gasteiger charge is -2.14. The third-order valence-corrected chi connectivity index (χ3v) is 8.08. The number of rotatable bonds is 6. The van der Waals surface area contributed by atoms with E-state index in [1.54, 1.807) is 17.4 Å². The van der Waals surface area contributed by atoms with Gasteiger partial charge in [0.15, 0.2) is 20.5 Å². The van der Waals surface area contributed by atoms with Crippen LogP contribution < -0.4 is 0 Å². The number of hydrogen-bond acceptors (Lipinski definition) is 6. The number of nitrogens with zero attached hydrogens (tertiary/aromatic N) is 4. The topological polar surface area (TPSA) is 77.2 Å². The van der Waals surface area contributed by atoms with E-state index < -0.39 is 9.84 Å². The molecule has 0 atom stereocenters. The Morgan fingerprint density at radius 2 is 1.78 bits per heavy atom. The lowest BCUT2D eigenvalue weighted by atomic mass is 9.95. The predicted molar refractivity (Wildman–Crippen MR) is 130 cm³/mol. The molecule has 4 heterocycles. The van der Waals surface area contributed by atoms with Crippen LogP contribution in [-0.2, 0) is 9.84 Å². The van der Waals surface area contributed by atoms with Crippen molar-refractivity contribution in [2.75, 3.05) is 6.26 Å². The van der Waals surface area contributed by atoms with E-state index >= 15 is 0 Å². The average molecular weight is 469 g/mol. The van der Waals surface area contributed by atoms with Gasteiger partial charge in [0.1, 0.15) is 5.69 Å². The molecule has 4 aromatic heterocycles. The molecule has 0 aliphatic heterocycles. The first-order chi connectivity index (χ1) is 15.1. The summed E-state index contributed by atoms with van der Waals surface area (Å²) >= 11 is 1.59. The normalized spacial score (nSPS) is 12.2. The fourth-order valence-electron chi connectivity index (χ4n) is 4.17. The molecule has 0 aliphatic carbocycles. The Kier molecular flexibility index (Phi) is 5.94. The molecule has 0 aliphatic rings. The quantitative estimate of drug-likeness (QED) is 0.360. The van der Waals surface area contributed by atoms with Gasteiger partial charge in [-0.2, -0.15) is 5.10 Å². The van der Waals surface area contributed by atoms with Gasteiger partial charge < -0.3 is 0 Å². The number of hydrogen-bond donors (Lipinski definition) is 0. The number of sulfone groups is 1. The largest absolute Gasteiger partial charge is 0.235 e. The molecule has 6 nitrogen and oxygen atoms in total. The SMILES string of the molecule is CCC(CC)c1cc(C)nn2c(-c3sc(-c4cccc(S(C)(=O)=O)n4)cc3C)c(C)nc12. The van der Waals surface area contributed by atoms with Crippen molar-refractivity contribution < 1.29 is 8.42 Å². The smallest absolute Gasteiger partial charge is 0.192 e. The molecule has 32 heavy (non-hydrogen) atoms. The highest BCUT2D eigenvalue weighted by atomic mass is 32.2. The summed E-state index contributed by atoms with van der Waals surface area (Å²) in [5.74, 6) is 0.441. The number of aryl methyl sites for hydroxylation is 3. The van der Waals surface area contributed by atoms with Crippen LogP contribution in [0.4, 0.5) is 0 Å². The minimum absolute atomic E-state index is 0.0840. The molecule has 8 heteroatoms. The number of pyridine rings is 1. The molecule has 0 fully saturated rings. The number of aromatic nitrogens is 4. The van der Waals surface area contributed by atoms with Crippen LogP contribution in [0.3, 0.4) is 0 Å². The van der Waals surface area contributed by atoms with Gasteiger partial charge in [-0.25, -0.2) is 22.9 Å². The van der Waals surface area contributed by atoms with E-state index in [9.17, 15) is 8.42 Å². The van der Waals surface area contributed by atoms with Gasteiger partial charge in [-0.1, -0.05) is 19.9 Å². The predicted octanol–water partition coefficient (Wildman–Crippen LogP) is 5.75. The second kappa shape index (κ2) is 8.41. The Hall–Kier alpha value is -2.58. The summed E-state index contributed by atoms with van der Waals surface area (Å²) in [7, 11) is -3.37. The molecule has 0 amide bonds. The van der Waals surface area contributed by atoms with Crippen LogP contribution in [0.15, 0.2) is 35.4 Å². The van der Waals surface area contributed by atoms with E-state index in [4.69, 9.17) is 10.1 Å². The molecule has 4 rings (SSSR count). The lowest BCUT2D eigenvalue weighted by molar-refractivity contribution is 0.598. The molecule has 168 valence electrons. The summed E-state index contributed by atoms with van der Waals surface area (Å²) in [6.45, 7) is 10.5. The van der Waals surface area contributed by atoms with Crippen LogP contribution in [0.25, 0.3) is 26.8 Å². The minimum Gasteiger partial charge on any atom is -0.235 e. The van der Waals surface area contributed by atoms with E-state index in [1.165, 1.54) is 17.9 Å². The van der Waals surface area contributed by atoms with Crippen LogP contribution in [0, 0.1) is 20.8 Å². The number of imidazole rings is 1. The summed E-state index contributed by atoms with van der Waals surface area (Å²) < 4.78 is 25.9. The van der Waals surface area contributed by atoms with Crippen LogP contribution in [0.1, 0.15) is 55.1 Å². The molecule has 0 spiro atoms. The van der Waals surface area contributed by atoms with E-state index in [2.05, 4.69) is 37.9 Å². The van der Waals surface area contributed by atoms with E-state index in [0.29, 0.717) is 11.6 Å². The first-order valence-corrected chi connectivity index (χ1v) is 13.5. The second-order valence-corrected chi connectivity index (χ2v) is 11.3. The molecule has 0 bridgehead atoms. The molecule has 0 radical (unpaired) electrons. The molecule has 0 saturated heterocycles. The minimum atomic E-state index is -3.37. The fraction of sp³-hybridized carbons (Fsp3) is 0.375. The zero-order valence-electron chi connectivity index (χ0n) is 19.3. The zero-order valence-corrected chi connectivity index (χ0v) is 20.9. The Labute approximate surface area is 193 Å². The maximum absolute atomic E-state index is 12.0. The van der Waals surface area contributed by atoms with Gasteiger partial charge >= 0.3 is 0 Å². The van der Waals surface area contributed by atoms with Gasteiger partial charge in [-0.15, -0.1) is 11.3 Å². The molecule has 4 aromatic rings. The number of fused-ring (bicyclic) bond motifs is 1. The third kappa shape index (κ3) is 3.97. The zero-order chi connectivity index (χ0) is 23.2. The fourth-order valence-corrected chi connectivity index (χ4v) is 5.98. The summed E-state index contributed by atoms with van der Waals surface area (Å²) in [5.41, 5.74) is 6.80. The second-order valence-electron chi connectivity index (χ2n) is 8.29. The first kappa shape index (κ1) is 22.6. The van der Waals surface area contributed by atoms with Gasteiger partial charge in [-0.05, 0) is 69.4 Å². The molecular formula is C24H28N4O2S2. The van der Waals surface area contributed by atoms with Crippen molar-refractivity contribution in [3.05, 3.63) is 52.8 Å². The molecule has 0 saturated carbocycles. The summed E-state index contributed by atoms with van der Waals surface area (Å²) in [5, 5.41) is 4.90. The average Bonchev–Trinajstić information content (AvgIpc) is 3.27. The lowest BCUT2D eigenvalue weighted by Crippen LogP contribution is -2.05. The van der Waals surface area contributed by atoms with Crippen molar-refractivity contribution in [2.24, 2.45) is 0 Å². The van der Waals surface area contributed by atoms with Crippen molar-refractivity contribution in [1.82, 2.24) is 19.6 Å². The summed E-state index contributed by atoms with van der Waals surface area (Å²) in [4.78, 5) is 11.3. The summed E-state index contributed by atoms with van der Waals surface area (Å²) in [6, 6.07) is 9.33. The Balaban J connectivity index is 1.90. The van der Waals surface area contributed by atoms with Crippen LogP contribution >= 0.6 is 11.3 Å². The molecular weight excluding hydrogens is 440 g/mol. The van der Waals surface area contributed by atoms with Gasteiger partial charge in [0.05, 0.1) is 26.8 Å². The van der Waals surface area contributed by atoms with Gasteiger partial charge in [0.2, 0.25) is 0 Å². The molecule has 0 unspecified atom stereocenters. The van der Waals surface area contributed by atoms with Crippen LogP contribution in [-0.4, -0.2) is 34.3 Å². The Morgan fingerprint density at radius 3 is 2.44 bits per heavy atom. The highest BCUT2D eigenvalue weighted by Gasteiger charge is 2.22.